The number of aromatic nitrogens is 3. The molecular weight excluding hydrogens is 338 g/mol. The molecule has 6 nitrogen and oxygen atoms in total. The van der Waals surface area contributed by atoms with Crippen LogP contribution in [-0.4, -0.2) is 31.6 Å². The third kappa shape index (κ3) is 3.54. The van der Waals surface area contributed by atoms with E-state index < -0.39 is 0 Å². The zero-order valence-electron chi connectivity index (χ0n) is 16.3. The van der Waals surface area contributed by atoms with Crippen LogP contribution in [0.1, 0.15) is 46.7 Å². The smallest absolute Gasteiger partial charge is 0.255 e. The van der Waals surface area contributed by atoms with Crippen molar-refractivity contribution in [2.24, 2.45) is 7.05 Å². The van der Waals surface area contributed by atoms with Gasteiger partial charge in [-0.15, -0.1) is 0 Å². The SMILES string of the molecule is Cc1cc(C(=O)N(Cc2ccc(C#N)cc2)C(C)C)c2c(C)nn(C)c2n1. The Morgan fingerprint density at radius 3 is 2.52 bits per heavy atom. The monoisotopic (exact) mass is 361 g/mol. The number of fused-ring (bicyclic) bond motifs is 1. The molecule has 27 heavy (non-hydrogen) atoms. The molecule has 138 valence electrons. The Bertz CT molecular complexity index is 1040. The quantitative estimate of drug-likeness (QED) is 0.713. The third-order valence-corrected chi connectivity index (χ3v) is 4.65. The maximum absolute atomic E-state index is 13.5. The first kappa shape index (κ1) is 18.6. The fourth-order valence-electron chi connectivity index (χ4n) is 3.26. The van der Waals surface area contributed by atoms with Crippen molar-refractivity contribution in [3.63, 3.8) is 0 Å². The van der Waals surface area contributed by atoms with E-state index >= 15 is 0 Å². The van der Waals surface area contributed by atoms with Crippen LogP contribution in [0, 0.1) is 25.2 Å². The minimum atomic E-state index is -0.0408. The number of hydrogen-bond acceptors (Lipinski definition) is 4. The van der Waals surface area contributed by atoms with Crippen LogP contribution >= 0.6 is 0 Å². The lowest BCUT2D eigenvalue weighted by molar-refractivity contribution is 0.0692. The first-order valence-electron chi connectivity index (χ1n) is 8.92. The molecule has 0 unspecified atom stereocenters. The summed E-state index contributed by atoms with van der Waals surface area (Å²) in [4.78, 5) is 19.8. The molecule has 3 rings (SSSR count). The van der Waals surface area contributed by atoms with Gasteiger partial charge in [-0.1, -0.05) is 12.1 Å². The van der Waals surface area contributed by atoms with Gasteiger partial charge in [0.25, 0.3) is 5.91 Å². The lowest BCUT2D eigenvalue weighted by Gasteiger charge is -2.27. The number of benzene rings is 1. The van der Waals surface area contributed by atoms with Crippen LogP contribution in [0.25, 0.3) is 11.0 Å². The van der Waals surface area contributed by atoms with Crippen molar-refractivity contribution in [2.75, 3.05) is 0 Å². The maximum Gasteiger partial charge on any atom is 0.255 e. The van der Waals surface area contributed by atoms with Crippen LogP contribution in [0.2, 0.25) is 0 Å². The molecule has 0 aliphatic heterocycles. The van der Waals surface area contributed by atoms with Crippen LogP contribution in [0.4, 0.5) is 0 Å². The molecule has 0 atom stereocenters. The summed E-state index contributed by atoms with van der Waals surface area (Å²) in [6.45, 7) is 8.27. The molecule has 3 aromatic rings. The summed E-state index contributed by atoms with van der Waals surface area (Å²) < 4.78 is 1.72. The van der Waals surface area contributed by atoms with Crippen molar-refractivity contribution in [1.29, 1.82) is 5.26 Å². The number of rotatable bonds is 4. The highest BCUT2D eigenvalue weighted by Gasteiger charge is 2.24. The molecule has 1 aromatic carbocycles. The van der Waals surface area contributed by atoms with Gasteiger partial charge in [-0.3, -0.25) is 9.48 Å². The molecule has 0 N–H and O–H groups in total. The lowest BCUT2D eigenvalue weighted by Crippen LogP contribution is -2.36. The van der Waals surface area contributed by atoms with Crippen molar-refractivity contribution in [2.45, 2.75) is 40.3 Å². The predicted molar refractivity (Wildman–Crippen MR) is 104 cm³/mol. The molecule has 0 bridgehead atoms. The van der Waals surface area contributed by atoms with Crippen molar-refractivity contribution in [3.05, 3.63) is 58.4 Å². The molecule has 2 heterocycles. The standard InChI is InChI=1S/C21H23N5O/c1-13(2)26(12-17-8-6-16(11-22)7-9-17)21(27)18-10-14(3)23-20-19(18)15(4)24-25(20)5/h6-10,13H,12H2,1-5H3. The van der Waals surface area contributed by atoms with E-state index in [-0.39, 0.29) is 11.9 Å². The second-order valence-electron chi connectivity index (χ2n) is 7.05. The van der Waals surface area contributed by atoms with E-state index in [0.717, 1.165) is 28.0 Å². The van der Waals surface area contributed by atoms with Crippen LogP contribution in [0.15, 0.2) is 30.3 Å². The number of nitrogens with zero attached hydrogens (tertiary/aromatic N) is 5. The molecule has 0 radical (unpaired) electrons. The highest BCUT2D eigenvalue weighted by molar-refractivity contribution is 6.06. The minimum Gasteiger partial charge on any atom is -0.332 e. The molecule has 2 aromatic heterocycles. The Hall–Kier alpha value is -3.20. The van der Waals surface area contributed by atoms with E-state index in [4.69, 9.17) is 5.26 Å². The summed E-state index contributed by atoms with van der Waals surface area (Å²) in [5.41, 5.74) is 4.53. The topological polar surface area (TPSA) is 74.8 Å². The second-order valence-corrected chi connectivity index (χ2v) is 7.05. The third-order valence-electron chi connectivity index (χ3n) is 4.65. The molecular formula is C21H23N5O. The van der Waals surface area contributed by atoms with Gasteiger partial charge in [0.1, 0.15) is 0 Å². The molecule has 0 fully saturated rings. The van der Waals surface area contributed by atoms with E-state index in [2.05, 4.69) is 16.2 Å². The van der Waals surface area contributed by atoms with Gasteiger partial charge in [0, 0.05) is 25.3 Å². The molecule has 0 saturated heterocycles. The number of carbonyl (C=O) groups excluding carboxylic acids is 1. The number of hydrogen-bond donors (Lipinski definition) is 0. The highest BCUT2D eigenvalue weighted by Crippen LogP contribution is 2.24. The minimum absolute atomic E-state index is 0.0219. The van der Waals surface area contributed by atoms with Gasteiger partial charge >= 0.3 is 0 Å². The summed E-state index contributed by atoms with van der Waals surface area (Å²) in [6, 6.07) is 11.3. The zero-order valence-corrected chi connectivity index (χ0v) is 16.3. The normalized spacial score (nSPS) is 11.0. The van der Waals surface area contributed by atoms with E-state index in [1.807, 2.05) is 57.8 Å². The molecule has 0 spiro atoms. The van der Waals surface area contributed by atoms with Gasteiger partial charge in [-0.2, -0.15) is 10.4 Å². The van der Waals surface area contributed by atoms with Crippen LogP contribution < -0.4 is 0 Å². The van der Waals surface area contributed by atoms with Gasteiger partial charge in [0.2, 0.25) is 0 Å². The number of pyridine rings is 1. The van der Waals surface area contributed by atoms with Crippen LogP contribution in [0.3, 0.4) is 0 Å². The number of amides is 1. The average Bonchev–Trinajstić information content (AvgIpc) is 2.92. The van der Waals surface area contributed by atoms with Gasteiger partial charge in [0.15, 0.2) is 5.65 Å². The fraction of sp³-hybridized carbons (Fsp3) is 0.333. The van der Waals surface area contributed by atoms with Gasteiger partial charge in [0.05, 0.1) is 28.3 Å². The Morgan fingerprint density at radius 1 is 1.26 bits per heavy atom. The van der Waals surface area contributed by atoms with Crippen molar-refractivity contribution >= 4 is 16.9 Å². The zero-order chi connectivity index (χ0) is 19.7. The maximum atomic E-state index is 13.5. The summed E-state index contributed by atoms with van der Waals surface area (Å²) in [7, 11) is 1.84. The number of nitriles is 1. The van der Waals surface area contributed by atoms with E-state index in [1.54, 1.807) is 16.8 Å². The van der Waals surface area contributed by atoms with Crippen molar-refractivity contribution in [3.8, 4) is 6.07 Å². The fourth-order valence-corrected chi connectivity index (χ4v) is 3.26. The van der Waals surface area contributed by atoms with E-state index in [1.165, 1.54) is 0 Å². The Morgan fingerprint density at radius 2 is 1.93 bits per heavy atom. The Labute approximate surface area is 159 Å². The van der Waals surface area contributed by atoms with Crippen molar-refractivity contribution < 1.29 is 4.79 Å². The lowest BCUT2D eigenvalue weighted by atomic mass is 10.1. The summed E-state index contributed by atoms with van der Waals surface area (Å²) in [5.74, 6) is -0.0408. The number of carbonyl (C=O) groups is 1. The number of aryl methyl sites for hydroxylation is 3. The summed E-state index contributed by atoms with van der Waals surface area (Å²) >= 11 is 0. The van der Waals surface area contributed by atoms with E-state index in [9.17, 15) is 4.79 Å². The Balaban J connectivity index is 2.03. The molecule has 0 saturated carbocycles. The molecule has 0 aliphatic carbocycles. The first-order chi connectivity index (χ1) is 12.8. The van der Waals surface area contributed by atoms with Gasteiger partial charge < -0.3 is 4.90 Å². The van der Waals surface area contributed by atoms with Crippen LogP contribution in [0.5, 0.6) is 0 Å². The van der Waals surface area contributed by atoms with E-state index in [0.29, 0.717) is 17.7 Å². The van der Waals surface area contributed by atoms with Gasteiger partial charge in [-0.05, 0) is 51.5 Å². The summed E-state index contributed by atoms with van der Waals surface area (Å²) in [5, 5.41) is 14.2. The predicted octanol–water partition coefficient (Wildman–Crippen LogP) is 3.51. The molecule has 6 heteroatoms. The largest absolute Gasteiger partial charge is 0.332 e. The Kier molecular flexibility index (Phi) is 4.95. The average molecular weight is 361 g/mol. The summed E-state index contributed by atoms with van der Waals surface area (Å²) in [6.07, 6.45) is 0. The second kappa shape index (κ2) is 7.20. The van der Waals surface area contributed by atoms with Crippen LogP contribution in [-0.2, 0) is 13.6 Å². The molecule has 0 aliphatic rings. The van der Waals surface area contributed by atoms with Crippen molar-refractivity contribution in [1.82, 2.24) is 19.7 Å². The first-order valence-corrected chi connectivity index (χ1v) is 8.92. The van der Waals surface area contributed by atoms with Gasteiger partial charge in [-0.25, -0.2) is 4.98 Å². The molecule has 1 amide bonds. The highest BCUT2D eigenvalue weighted by atomic mass is 16.2.